The number of thiazole rings is 1. The topological polar surface area (TPSA) is 49.3 Å². The van der Waals surface area contributed by atoms with Gasteiger partial charge in [-0.25, -0.2) is 9.98 Å². The summed E-state index contributed by atoms with van der Waals surface area (Å²) in [6.45, 7) is 6.58. The number of aryl methyl sites for hydroxylation is 2. The first kappa shape index (κ1) is 19.9. The lowest BCUT2D eigenvalue weighted by Gasteiger charge is -2.11. The minimum Gasteiger partial charge on any atom is -0.357 e. The van der Waals surface area contributed by atoms with Crippen molar-refractivity contribution in [2.75, 3.05) is 13.1 Å². The molecule has 0 aliphatic carbocycles. The van der Waals surface area contributed by atoms with Gasteiger partial charge in [0.15, 0.2) is 5.96 Å². The Balaban J connectivity index is 0.00000264. The van der Waals surface area contributed by atoms with E-state index < -0.39 is 0 Å². The molecule has 126 valence electrons. The van der Waals surface area contributed by atoms with Crippen molar-refractivity contribution >= 4 is 41.3 Å². The van der Waals surface area contributed by atoms with Crippen LogP contribution in [0.2, 0.25) is 0 Å². The summed E-state index contributed by atoms with van der Waals surface area (Å²) in [5.74, 6) is 0.878. The van der Waals surface area contributed by atoms with Gasteiger partial charge in [-0.3, -0.25) is 0 Å². The van der Waals surface area contributed by atoms with Gasteiger partial charge in [-0.05, 0) is 32.3 Å². The molecule has 23 heavy (non-hydrogen) atoms. The number of benzene rings is 1. The maximum atomic E-state index is 4.63. The van der Waals surface area contributed by atoms with Gasteiger partial charge in [-0.1, -0.05) is 30.3 Å². The smallest absolute Gasteiger partial charge is 0.191 e. The molecule has 1 aromatic carbocycles. The predicted octanol–water partition coefficient (Wildman–Crippen LogP) is 3.76. The van der Waals surface area contributed by atoms with Gasteiger partial charge in [0.2, 0.25) is 0 Å². The third kappa shape index (κ3) is 7.30. The van der Waals surface area contributed by atoms with Crippen LogP contribution in [0, 0.1) is 6.92 Å². The molecule has 2 aromatic rings. The van der Waals surface area contributed by atoms with Gasteiger partial charge >= 0.3 is 0 Å². The maximum absolute atomic E-state index is 4.63. The molecule has 1 heterocycles. The average Bonchev–Trinajstić information content (AvgIpc) is 2.95. The van der Waals surface area contributed by atoms with E-state index in [1.165, 1.54) is 10.4 Å². The number of hydrogen-bond donors (Lipinski definition) is 2. The maximum Gasteiger partial charge on any atom is 0.191 e. The van der Waals surface area contributed by atoms with E-state index in [0.29, 0.717) is 6.54 Å². The second-order valence-electron chi connectivity index (χ2n) is 5.07. The number of halogens is 1. The summed E-state index contributed by atoms with van der Waals surface area (Å²) in [7, 11) is 0. The van der Waals surface area contributed by atoms with Gasteiger partial charge in [0.1, 0.15) is 0 Å². The fourth-order valence-corrected chi connectivity index (χ4v) is 2.81. The lowest BCUT2D eigenvalue weighted by molar-refractivity contribution is 0.744. The Morgan fingerprint density at radius 2 is 2.00 bits per heavy atom. The van der Waals surface area contributed by atoms with Gasteiger partial charge in [0.25, 0.3) is 0 Å². The van der Waals surface area contributed by atoms with Crippen molar-refractivity contribution in [3.8, 4) is 0 Å². The summed E-state index contributed by atoms with van der Waals surface area (Å²) in [6.07, 6.45) is 2.18. The van der Waals surface area contributed by atoms with E-state index in [-0.39, 0.29) is 24.0 Å². The number of aliphatic imine (C=N–C) groups is 1. The zero-order valence-electron chi connectivity index (χ0n) is 13.7. The number of hydrogen-bond acceptors (Lipinski definition) is 3. The van der Waals surface area contributed by atoms with Crippen molar-refractivity contribution in [1.29, 1.82) is 0 Å². The molecule has 0 saturated heterocycles. The molecule has 2 N–H and O–H groups in total. The highest BCUT2D eigenvalue weighted by Crippen LogP contribution is 2.12. The van der Waals surface area contributed by atoms with E-state index in [0.717, 1.165) is 37.6 Å². The number of nitrogens with zero attached hydrogens (tertiary/aromatic N) is 2. The molecule has 0 amide bonds. The van der Waals surface area contributed by atoms with Gasteiger partial charge < -0.3 is 10.6 Å². The number of aromatic nitrogens is 1. The number of guanidine groups is 1. The highest BCUT2D eigenvalue weighted by Gasteiger charge is 2.02. The zero-order valence-corrected chi connectivity index (χ0v) is 16.9. The van der Waals surface area contributed by atoms with E-state index in [1.807, 2.05) is 12.4 Å². The Morgan fingerprint density at radius 1 is 1.22 bits per heavy atom. The Labute approximate surface area is 159 Å². The molecule has 4 nitrogen and oxygen atoms in total. The molecule has 0 spiro atoms. The Hall–Kier alpha value is -1.15. The molecular weight excluding hydrogens is 419 g/mol. The summed E-state index contributed by atoms with van der Waals surface area (Å²) in [5, 5.41) is 6.68. The van der Waals surface area contributed by atoms with Crippen LogP contribution in [0.25, 0.3) is 0 Å². The fourth-order valence-electron chi connectivity index (χ4n) is 2.11. The first-order valence-electron chi connectivity index (χ1n) is 7.74. The lowest BCUT2D eigenvalue weighted by atomic mass is 10.1. The quantitative estimate of drug-likeness (QED) is 0.296. The van der Waals surface area contributed by atoms with Crippen LogP contribution >= 0.6 is 35.3 Å². The molecule has 0 bridgehead atoms. The van der Waals surface area contributed by atoms with Crippen LogP contribution in [0.4, 0.5) is 0 Å². The summed E-state index contributed by atoms with van der Waals surface area (Å²) >= 11 is 1.66. The summed E-state index contributed by atoms with van der Waals surface area (Å²) in [6, 6.07) is 10.6. The van der Waals surface area contributed by atoms with Crippen LogP contribution in [0.1, 0.15) is 29.5 Å². The van der Waals surface area contributed by atoms with Crippen molar-refractivity contribution in [1.82, 2.24) is 15.6 Å². The minimum atomic E-state index is 0. The molecule has 6 heteroatoms. The van der Waals surface area contributed by atoms with Gasteiger partial charge in [0.05, 0.1) is 17.7 Å². The summed E-state index contributed by atoms with van der Waals surface area (Å²) in [5.41, 5.74) is 4.33. The minimum absolute atomic E-state index is 0. The highest BCUT2D eigenvalue weighted by atomic mass is 127. The second kappa shape index (κ2) is 11.4. The monoisotopic (exact) mass is 444 g/mol. The molecule has 0 radical (unpaired) electrons. The molecule has 0 fully saturated rings. The molecule has 0 unspecified atom stereocenters. The van der Waals surface area contributed by atoms with E-state index in [9.17, 15) is 0 Å². The van der Waals surface area contributed by atoms with E-state index in [2.05, 4.69) is 57.9 Å². The third-order valence-corrected chi connectivity index (χ3v) is 4.27. The largest absolute Gasteiger partial charge is 0.357 e. The predicted molar refractivity (Wildman–Crippen MR) is 110 cm³/mol. The van der Waals surface area contributed by atoms with Crippen molar-refractivity contribution < 1.29 is 0 Å². The van der Waals surface area contributed by atoms with E-state index in [4.69, 9.17) is 0 Å². The molecule has 0 aliphatic heterocycles. The van der Waals surface area contributed by atoms with Crippen LogP contribution in [-0.4, -0.2) is 24.0 Å². The number of rotatable bonds is 7. The van der Waals surface area contributed by atoms with Crippen LogP contribution in [0.5, 0.6) is 0 Å². The van der Waals surface area contributed by atoms with Gasteiger partial charge in [-0.15, -0.1) is 35.3 Å². The fraction of sp³-hybridized carbons (Fsp3) is 0.412. The number of nitrogens with one attached hydrogen (secondary N) is 2. The zero-order chi connectivity index (χ0) is 15.6. The van der Waals surface area contributed by atoms with Crippen molar-refractivity contribution in [3.63, 3.8) is 0 Å². The Morgan fingerprint density at radius 3 is 2.65 bits per heavy atom. The first-order valence-corrected chi connectivity index (χ1v) is 8.62. The Kier molecular flexibility index (Phi) is 9.86. The van der Waals surface area contributed by atoms with Gasteiger partial charge in [-0.2, -0.15) is 0 Å². The molecule has 2 rings (SSSR count). The van der Waals surface area contributed by atoms with E-state index in [1.54, 1.807) is 11.3 Å². The normalized spacial score (nSPS) is 11.0. The average molecular weight is 444 g/mol. The summed E-state index contributed by atoms with van der Waals surface area (Å²) < 4.78 is 0. The van der Waals surface area contributed by atoms with E-state index >= 15 is 0 Å². The third-order valence-electron chi connectivity index (χ3n) is 3.35. The standard InChI is InChI=1S/C17H24N4S.HI/c1-3-18-17(20-12-16-14(2)21-13-22-16)19-11-7-10-15-8-5-4-6-9-15;/h4-6,8-9,13H,3,7,10-12H2,1-2H3,(H2,18,19,20);1H. The molecule has 0 saturated carbocycles. The van der Waals surface area contributed by atoms with Crippen LogP contribution in [0.3, 0.4) is 0 Å². The Bertz CT molecular complexity index is 583. The second-order valence-corrected chi connectivity index (χ2v) is 6.01. The highest BCUT2D eigenvalue weighted by molar-refractivity contribution is 14.0. The SMILES string of the molecule is CCNC(=NCc1scnc1C)NCCCc1ccccc1.I. The van der Waals surface area contributed by atoms with Crippen LogP contribution < -0.4 is 10.6 Å². The molecule has 0 aliphatic rings. The summed E-state index contributed by atoms with van der Waals surface area (Å²) in [4.78, 5) is 10.1. The molecule has 0 atom stereocenters. The van der Waals surface area contributed by atoms with Gasteiger partial charge in [0, 0.05) is 18.0 Å². The first-order chi connectivity index (χ1) is 10.8. The van der Waals surface area contributed by atoms with Crippen LogP contribution in [-0.2, 0) is 13.0 Å². The van der Waals surface area contributed by atoms with Crippen molar-refractivity contribution in [2.24, 2.45) is 4.99 Å². The van der Waals surface area contributed by atoms with Crippen molar-refractivity contribution in [3.05, 3.63) is 52.0 Å². The van der Waals surface area contributed by atoms with Crippen molar-refractivity contribution in [2.45, 2.75) is 33.2 Å². The molecule has 1 aromatic heterocycles. The van der Waals surface area contributed by atoms with Crippen LogP contribution in [0.15, 0.2) is 40.8 Å². The lowest BCUT2D eigenvalue weighted by Crippen LogP contribution is -2.37. The molecular formula is C17H25IN4S.